The summed E-state index contributed by atoms with van der Waals surface area (Å²) >= 11 is 0. The second-order valence-corrected chi connectivity index (χ2v) is 7.51. The summed E-state index contributed by atoms with van der Waals surface area (Å²) in [6, 6.07) is 8.94. The van der Waals surface area contributed by atoms with Crippen molar-refractivity contribution >= 4 is 34.3 Å². The number of piperazine rings is 1. The van der Waals surface area contributed by atoms with Gasteiger partial charge in [0.25, 0.3) is 0 Å². The number of anilines is 2. The lowest BCUT2D eigenvalue weighted by Crippen LogP contribution is -2.47. The molecule has 0 radical (unpaired) electrons. The topological polar surface area (TPSA) is 80.6 Å². The molecule has 1 fully saturated rings. The molecule has 1 aliphatic rings. The van der Waals surface area contributed by atoms with E-state index in [4.69, 9.17) is 0 Å². The summed E-state index contributed by atoms with van der Waals surface area (Å²) in [5.74, 6) is -0.0899. The Bertz CT molecular complexity index is 1280. The van der Waals surface area contributed by atoms with Crippen molar-refractivity contribution in [2.75, 3.05) is 36.0 Å². The Hall–Kier alpha value is -4.01. The molecule has 2 N–H and O–H groups in total. The molecule has 0 amide bonds. The molecule has 0 bridgehead atoms. The summed E-state index contributed by atoms with van der Waals surface area (Å²) < 4.78 is 28.4. The van der Waals surface area contributed by atoms with Crippen LogP contribution >= 0.6 is 0 Å². The first kappa shape index (κ1) is 19.9. The van der Waals surface area contributed by atoms with Gasteiger partial charge in [0, 0.05) is 61.8 Å². The number of nitrogens with one attached hydrogen (secondary N) is 1. The van der Waals surface area contributed by atoms with Crippen LogP contribution in [0, 0.1) is 11.6 Å². The van der Waals surface area contributed by atoms with E-state index in [9.17, 15) is 13.9 Å². The molecule has 3 heterocycles. The number of aliphatic imine (C=N–C) groups is 1. The van der Waals surface area contributed by atoms with Crippen molar-refractivity contribution in [2.45, 2.75) is 0 Å². The monoisotopic (exact) mass is 434 g/mol. The molecule has 162 valence electrons. The first-order chi connectivity index (χ1) is 15.6. The van der Waals surface area contributed by atoms with E-state index < -0.39 is 5.82 Å². The summed E-state index contributed by atoms with van der Waals surface area (Å²) in [4.78, 5) is 19.6. The number of aromatic amines is 1. The largest absolute Gasteiger partial charge is 0.494 e. The fourth-order valence-electron chi connectivity index (χ4n) is 3.90. The van der Waals surface area contributed by atoms with Gasteiger partial charge < -0.3 is 19.9 Å². The summed E-state index contributed by atoms with van der Waals surface area (Å²) in [5.41, 5.74) is 1.85. The molecule has 0 saturated carbocycles. The zero-order chi connectivity index (χ0) is 22.1. The number of hydrogen-bond donors (Lipinski definition) is 2. The molecular formula is C23H20F2N6O. The second-order valence-electron chi connectivity index (χ2n) is 7.51. The van der Waals surface area contributed by atoms with Crippen LogP contribution in [0.25, 0.3) is 10.9 Å². The number of aromatic nitrogens is 3. The van der Waals surface area contributed by atoms with E-state index in [1.807, 2.05) is 4.90 Å². The number of rotatable bonds is 4. The van der Waals surface area contributed by atoms with E-state index in [1.54, 1.807) is 36.8 Å². The van der Waals surface area contributed by atoms with Gasteiger partial charge in [-0.05, 0) is 30.3 Å². The Morgan fingerprint density at radius 1 is 1.00 bits per heavy atom. The summed E-state index contributed by atoms with van der Waals surface area (Å²) in [7, 11) is 0. The van der Waals surface area contributed by atoms with Crippen LogP contribution in [0.3, 0.4) is 0 Å². The molecule has 5 rings (SSSR count). The van der Waals surface area contributed by atoms with Gasteiger partial charge in [-0.3, -0.25) is 9.98 Å². The van der Waals surface area contributed by atoms with Gasteiger partial charge in [-0.1, -0.05) is 0 Å². The van der Waals surface area contributed by atoms with Crippen LogP contribution in [0.2, 0.25) is 0 Å². The SMILES string of the molecule is Oc1[nH]c2ccc(F)cc2c1C=Nc1ccc(N2CCN(c3cnccn3)CC2)c(F)c1. The van der Waals surface area contributed by atoms with Crippen LogP contribution in [0.5, 0.6) is 5.88 Å². The van der Waals surface area contributed by atoms with Gasteiger partial charge in [-0.25, -0.2) is 13.8 Å². The van der Waals surface area contributed by atoms with Gasteiger partial charge in [0.15, 0.2) is 5.88 Å². The molecule has 0 unspecified atom stereocenters. The highest BCUT2D eigenvalue weighted by Gasteiger charge is 2.20. The molecule has 0 atom stereocenters. The maximum Gasteiger partial charge on any atom is 0.198 e. The summed E-state index contributed by atoms with van der Waals surface area (Å²) in [5, 5.41) is 10.6. The second kappa shape index (κ2) is 8.26. The lowest BCUT2D eigenvalue weighted by atomic mass is 10.2. The molecule has 7 nitrogen and oxygen atoms in total. The predicted molar refractivity (Wildman–Crippen MR) is 120 cm³/mol. The van der Waals surface area contributed by atoms with Crippen molar-refractivity contribution in [2.24, 2.45) is 4.99 Å². The quantitative estimate of drug-likeness (QED) is 0.474. The molecule has 0 spiro atoms. The van der Waals surface area contributed by atoms with Gasteiger partial charge in [0.2, 0.25) is 0 Å². The standard InChI is InChI=1S/C23H20F2N6O/c24-15-1-3-20-17(11-15)18(23(32)29-20)13-28-16-2-4-21(19(25)12-16)30-7-9-31(10-8-30)22-14-26-5-6-27-22/h1-6,11-14,29,32H,7-10H2. The normalized spacial score (nSPS) is 14.6. The number of hydrogen-bond acceptors (Lipinski definition) is 6. The minimum Gasteiger partial charge on any atom is -0.494 e. The maximum absolute atomic E-state index is 14.8. The molecule has 2 aromatic carbocycles. The third kappa shape index (κ3) is 3.84. The Labute approximate surface area is 182 Å². The van der Waals surface area contributed by atoms with Crippen LogP contribution in [0.15, 0.2) is 60.0 Å². The lowest BCUT2D eigenvalue weighted by Gasteiger charge is -2.36. The van der Waals surface area contributed by atoms with Crippen LogP contribution in [0.4, 0.5) is 26.0 Å². The minimum absolute atomic E-state index is 0.118. The fourth-order valence-corrected chi connectivity index (χ4v) is 3.90. The molecule has 9 heteroatoms. The third-order valence-corrected chi connectivity index (χ3v) is 5.55. The molecule has 32 heavy (non-hydrogen) atoms. The zero-order valence-corrected chi connectivity index (χ0v) is 17.0. The Kier molecular flexibility index (Phi) is 5.14. The predicted octanol–water partition coefficient (Wildman–Crippen LogP) is 4.02. The van der Waals surface area contributed by atoms with Crippen LogP contribution < -0.4 is 9.80 Å². The smallest absolute Gasteiger partial charge is 0.198 e. The number of nitrogens with zero attached hydrogens (tertiary/aromatic N) is 5. The number of halogens is 2. The molecular weight excluding hydrogens is 414 g/mol. The van der Waals surface area contributed by atoms with Crippen molar-refractivity contribution in [3.8, 4) is 5.88 Å². The van der Waals surface area contributed by atoms with Gasteiger partial charge in [0.1, 0.15) is 17.5 Å². The van der Waals surface area contributed by atoms with Crippen molar-refractivity contribution in [1.82, 2.24) is 15.0 Å². The molecule has 1 saturated heterocycles. The molecule has 0 aliphatic carbocycles. The highest BCUT2D eigenvalue weighted by Crippen LogP contribution is 2.29. The number of fused-ring (bicyclic) bond motifs is 1. The van der Waals surface area contributed by atoms with Crippen molar-refractivity contribution in [1.29, 1.82) is 0 Å². The van der Waals surface area contributed by atoms with E-state index in [1.165, 1.54) is 24.4 Å². The molecule has 1 aliphatic heterocycles. The van der Waals surface area contributed by atoms with Crippen molar-refractivity contribution in [3.63, 3.8) is 0 Å². The summed E-state index contributed by atoms with van der Waals surface area (Å²) in [6.45, 7) is 2.75. The van der Waals surface area contributed by atoms with Crippen molar-refractivity contribution in [3.05, 3.63) is 72.2 Å². The van der Waals surface area contributed by atoms with Crippen LogP contribution in [-0.2, 0) is 0 Å². The van der Waals surface area contributed by atoms with E-state index in [2.05, 4.69) is 24.8 Å². The average molecular weight is 434 g/mol. The lowest BCUT2D eigenvalue weighted by molar-refractivity contribution is 0.457. The van der Waals surface area contributed by atoms with E-state index >= 15 is 0 Å². The van der Waals surface area contributed by atoms with Crippen molar-refractivity contribution < 1.29 is 13.9 Å². The Balaban J connectivity index is 1.31. The minimum atomic E-state index is -0.416. The fraction of sp³-hybridized carbons (Fsp3) is 0.174. The highest BCUT2D eigenvalue weighted by molar-refractivity contribution is 6.02. The van der Waals surface area contributed by atoms with E-state index in [0.29, 0.717) is 54.0 Å². The Morgan fingerprint density at radius 3 is 2.56 bits per heavy atom. The van der Waals surface area contributed by atoms with E-state index in [-0.39, 0.29) is 11.7 Å². The number of H-pyrrole nitrogens is 1. The molecule has 2 aromatic heterocycles. The number of benzene rings is 2. The highest BCUT2D eigenvalue weighted by atomic mass is 19.1. The first-order valence-electron chi connectivity index (χ1n) is 10.2. The van der Waals surface area contributed by atoms with E-state index in [0.717, 1.165) is 5.82 Å². The van der Waals surface area contributed by atoms with Gasteiger partial charge >= 0.3 is 0 Å². The zero-order valence-electron chi connectivity index (χ0n) is 17.0. The maximum atomic E-state index is 14.8. The summed E-state index contributed by atoms with van der Waals surface area (Å²) in [6.07, 6.45) is 6.43. The van der Waals surface area contributed by atoms with Crippen LogP contribution in [-0.4, -0.2) is 52.5 Å². The van der Waals surface area contributed by atoms with Crippen LogP contribution in [0.1, 0.15) is 5.56 Å². The Morgan fingerprint density at radius 2 is 1.81 bits per heavy atom. The van der Waals surface area contributed by atoms with Gasteiger partial charge in [-0.15, -0.1) is 0 Å². The first-order valence-corrected chi connectivity index (χ1v) is 10.2. The average Bonchev–Trinajstić information content (AvgIpc) is 3.12. The third-order valence-electron chi connectivity index (χ3n) is 5.55. The van der Waals surface area contributed by atoms with Gasteiger partial charge in [-0.2, -0.15) is 0 Å². The number of aromatic hydroxyl groups is 1. The van der Waals surface area contributed by atoms with Gasteiger partial charge in [0.05, 0.1) is 23.1 Å². The molecule has 4 aromatic rings.